The molecule has 0 aromatic heterocycles. The van der Waals surface area contributed by atoms with Gasteiger partial charge in [0, 0.05) is 0 Å². The van der Waals surface area contributed by atoms with Crippen molar-refractivity contribution in [3.8, 4) is 0 Å². The highest BCUT2D eigenvalue weighted by Crippen LogP contribution is 2.08. The molecule has 108 valence electrons. The van der Waals surface area contributed by atoms with Crippen LogP contribution in [-0.4, -0.2) is 25.3 Å². The standard InChI is InChI=1S/C7H8O3S.C2H8N4OS/c1-6-2-4-7(5-3-6)11(8,9)10;1-8-6-5-2(7)4-3/h2-5H,1H3,(H,8,9,10);6H,3H2,1H3,(H2,4,5,7). The Bertz CT molecular complexity index is 489. The molecule has 2 amide bonds. The van der Waals surface area contributed by atoms with E-state index in [2.05, 4.69) is 10.3 Å². The maximum absolute atomic E-state index is 10.5. The molecular weight excluding hydrogens is 292 g/mol. The molecule has 19 heavy (non-hydrogen) atoms. The Labute approximate surface area is 116 Å². The van der Waals surface area contributed by atoms with Gasteiger partial charge in [0.1, 0.15) is 0 Å². The Morgan fingerprint density at radius 2 is 1.84 bits per heavy atom. The maximum atomic E-state index is 10.5. The van der Waals surface area contributed by atoms with E-state index >= 15 is 0 Å². The zero-order chi connectivity index (χ0) is 14.9. The lowest BCUT2D eigenvalue weighted by Gasteiger charge is -2.00. The van der Waals surface area contributed by atoms with Crippen LogP contribution in [0.25, 0.3) is 0 Å². The molecule has 0 aliphatic carbocycles. The molecule has 1 rings (SSSR count). The summed E-state index contributed by atoms with van der Waals surface area (Å²) in [6, 6.07) is 5.53. The summed E-state index contributed by atoms with van der Waals surface area (Å²) in [5.41, 5.74) is 5.05. The van der Waals surface area contributed by atoms with E-state index in [9.17, 15) is 13.2 Å². The highest BCUT2D eigenvalue weighted by atomic mass is 32.2. The first-order valence-corrected chi connectivity index (χ1v) is 7.56. The van der Waals surface area contributed by atoms with E-state index in [4.69, 9.17) is 10.4 Å². The molecule has 1 aromatic rings. The Morgan fingerprint density at radius 1 is 1.32 bits per heavy atom. The van der Waals surface area contributed by atoms with Gasteiger partial charge in [-0.05, 0) is 25.3 Å². The lowest BCUT2D eigenvalue weighted by Crippen LogP contribution is -2.44. The minimum atomic E-state index is -4.02. The molecule has 0 unspecified atom stereocenters. The van der Waals surface area contributed by atoms with Crippen molar-refractivity contribution in [1.29, 1.82) is 0 Å². The topological polar surface area (TPSA) is 134 Å². The van der Waals surface area contributed by atoms with Gasteiger partial charge in [-0.1, -0.05) is 29.6 Å². The van der Waals surface area contributed by atoms with Gasteiger partial charge in [0.15, 0.2) is 0 Å². The number of nitrogens with two attached hydrogens (primary N) is 1. The lowest BCUT2D eigenvalue weighted by molar-refractivity contribution is 0.240. The minimum absolute atomic E-state index is 0.0666. The van der Waals surface area contributed by atoms with Crippen LogP contribution in [0.15, 0.2) is 29.2 Å². The molecule has 0 bridgehead atoms. The number of hydrogen-bond acceptors (Lipinski definition) is 6. The summed E-state index contributed by atoms with van der Waals surface area (Å²) in [7, 11) is -4.02. The fourth-order valence-corrected chi connectivity index (χ4v) is 1.52. The Kier molecular flexibility index (Phi) is 8.11. The number of urea groups is 1. The summed E-state index contributed by atoms with van der Waals surface area (Å²) in [5, 5.41) is 0. The normalized spacial score (nSPS) is 10.1. The highest BCUT2D eigenvalue weighted by molar-refractivity contribution is 7.96. The van der Waals surface area contributed by atoms with Crippen LogP contribution >= 0.6 is 11.9 Å². The number of hydrazine groups is 2. The van der Waals surface area contributed by atoms with Gasteiger partial charge in [0.25, 0.3) is 10.1 Å². The first-order chi connectivity index (χ1) is 8.81. The van der Waals surface area contributed by atoms with Crippen LogP contribution in [0.5, 0.6) is 0 Å². The third kappa shape index (κ3) is 8.40. The zero-order valence-electron chi connectivity index (χ0n) is 10.4. The van der Waals surface area contributed by atoms with Crippen molar-refractivity contribution >= 4 is 28.1 Å². The van der Waals surface area contributed by atoms with Crippen molar-refractivity contribution in [1.82, 2.24) is 15.7 Å². The maximum Gasteiger partial charge on any atom is 0.343 e. The molecule has 10 heteroatoms. The van der Waals surface area contributed by atoms with E-state index in [1.165, 1.54) is 24.1 Å². The molecule has 0 saturated carbocycles. The van der Waals surface area contributed by atoms with Crippen LogP contribution in [0.4, 0.5) is 4.79 Å². The average Bonchev–Trinajstić information content (AvgIpc) is 2.36. The van der Waals surface area contributed by atoms with Crippen molar-refractivity contribution in [3.05, 3.63) is 29.8 Å². The summed E-state index contributed by atoms with van der Waals surface area (Å²) in [6.07, 6.45) is 1.77. The molecule has 1 aromatic carbocycles. The van der Waals surface area contributed by atoms with Gasteiger partial charge in [-0.2, -0.15) is 13.2 Å². The monoisotopic (exact) mass is 308 g/mol. The van der Waals surface area contributed by atoms with Gasteiger partial charge in [0.2, 0.25) is 0 Å². The van der Waals surface area contributed by atoms with E-state index in [0.29, 0.717) is 0 Å². The van der Waals surface area contributed by atoms with Crippen LogP contribution < -0.4 is 21.5 Å². The van der Waals surface area contributed by atoms with Gasteiger partial charge >= 0.3 is 6.03 Å². The molecule has 0 spiro atoms. The molecule has 8 nitrogen and oxygen atoms in total. The molecular formula is C9H16N4O4S2. The quantitative estimate of drug-likeness (QED) is 0.177. The number of benzene rings is 1. The number of amides is 2. The number of carbonyl (C=O) groups is 1. The number of nitrogens with one attached hydrogen (secondary N) is 3. The summed E-state index contributed by atoms with van der Waals surface area (Å²) in [6.45, 7) is 1.84. The third-order valence-electron chi connectivity index (χ3n) is 1.72. The van der Waals surface area contributed by atoms with E-state index in [0.717, 1.165) is 5.56 Å². The molecule has 0 radical (unpaired) electrons. The summed E-state index contributed by atoms with van der Waals surface area (Å²) < 4.78 is 29.6. The number of rotatable bonds is 3. The first-order valence-electron chi connectivity index (χ1n) is 4.90. The van der Waals surface area contributed by atoms with Gasteiger partial charge in [0.05, 0.1) is 4.90 Å². The Hall–Kier alpha value is -1.33. The van der Waals surface area contributed by atoms with E-state index in [-0.39, 0.29) is 4.90 Å². The Balaban J connectivity index is 0.000000362. The van der Waals surface area contributed by atoms with Crippen LogP contribution in [0.3, 0.4) is 0 Å². The number of hydrogen-bond donors (Lipinski definition) is 5. The van der Waals surface area contributed by atoms with E-state index in [1.807, 2.05) is 12.3 Å². The van der Waals surface area contributed by atoms with Crippen molar-refractivity contribution in [3.63, 3.8) is 0 Å². The predicted molar refractivity (Wildman–Crippen MR) is 73.5 cm³/mol. The smallest absolute Gasteiger partial charge is 0.282 e. The van der Waals surface area contributed by atoms with Crippen molar-refractivity contribution in [2.45, 2.75) is 11.8 Å². The van der Waals surface area contributed by atoms with Crippen LogP contribution in [0.2, 0.25) is 0 Å². The fraction of sp³-hybridized carbons (Fsp3) is 0.222. The molecule has 0 heterocycles. The molecule has 0 aliphatic heterocycles. The minimum Gasteiger partial charge on any atom is -0.282 e. The SMILES string of the molecule is CSNNC(=O)NN.Cc1ccc(S(=O)(=O)O)cc1. The van der Waals surface area contributed by atoms with Crippen LogP contribution in [0.1, 0.15) is 5.56 Å². The number of carbonyl (C=O) groups excluding carboxylic acids is 1. The van der Waals surface area contributed by atoms with Crippen molar-refractivity contribution in [2.24, 2.45) is 5.84 Å². The largest absolute Gasteiger partial charge is 0.343 e. The highest BCUT2D eigenvalue weighted by Gasteiger charge is 2.06. The molecule has 6 N–H and O–H groups in total. The molecule has 0 fully saturated rings. The van der Waals surface area contributed by atoms with Crippen molar-refractivity contribution < 1.29 is 17.8 Å². The van der Waals surface area contributed by atoms with Crippen LogP contribution in [0, 0.1) is 6.92 Å². The fourth-order valence-electron chi connectivity index (χ4n) is 0.844. The third-order valence-corrected chi connectivity index (χ3v) is 2.89. The second kappa shape index (κ2) is 8.72. The first kappa shape index (κ1) is 17.7. The van der Waals surface area contributed by atoms with Gasteiger partial charge in [-0.3, -0.25) is 15.4 Å². The second-order valence-electron chi connectivity index (χ2n) is 3.19. The van der Waals surface area contributed by atoms with Crippen LogP contribution in [-0.2, 0) is 10.1 Å². The lowest BCUT2D eigenvalue weighted by atomic mass is 10.2. The Morgan fingerprint density at radius 3 is 2.21 bits per heavy atom. The van der Waals surface area contributed by atoms with Crippen molar-refractivity contribution in [2.75, 3.05) is 6.26 Å². The van der Waals surface area contributed by atoms with Gasteiger partial charge < -0.3 is 0 Å². The molecule has 0 saturated heterocycles. The summed E-state index contributed by atoms with van der Waals surface area (Å²) >= 11 is 1.27. The predicted octanol–water partition coefficient (Wildman–Crippen LogP) is 0.184. The second-order valence-corrected chi connectivity index (χ2v) is 5.23. The molecule has 0 aliphatic rings. The average molecular weight is 308 g/mol. The van der Waals surface area contributed by atoms with Gasteiger partial charge in [-0.15, -0.1) is 0 Å². The van der Waals surface area contributed by atoms with Gasteiger partial charge in [-0.25, -0.2) is 10.6 Å². The van der Waals surface area contributed by atoms with E-state index in [1.54, 1.807) is 18.4 Å². The zero-order valence-corrected chi connectivity index (χ0v) is 12.0. The number of aryl methyl sites for hydroxylation is 1. The summed E-state index contributed by atoms with van der Waals surface area (Å²) in [4.78, 5) is 12.6. The summed E-state index contributed by atoms with van der Waals surface area (Å²) in [5.74, 6) is 4.70. The molecule has 0 atom stereocenters. The van der Waals surface area contributed by atoms with E-state index < -0.39 is 16.1 Å².